The molecule has 38 heavy (non-hydrogen) atoms. The van der Waals surface area contributed by atoms with Gasteiger partial charge in [-0.15, -0.1) is 0 Å². The Balaban J connectivity index is 1.44. The number of pyridine rings is 1. The minimum absolute atomic E-state index is 0.100. The lowest BCUT2D eigenvalue weighted by atomic mass is 10.1. The van der Waals surface area contributed by atoms with E-state index in [1.165, 1.54) is 41.2 Å². The topological polar surface area (TPSA) is 103 Å². The molecule has 0 aliphatic heterocycles. The fourth-order valence-electron chi connectivity index (χ4n) is 3.84. The molecule has 1 amide bonds. The molecule has 0 unspecified atom stereocenters. The van der Waals surface area contributed by atoms with Crippen molar-refractivity contribution < 1.29 is 14.0 Å². The van der Waals surface area contributed by atoms with Crippen molar-refractivity contribution in [3.05, 3.63) is 119 Å². The van der Waals surface area contributed by atoms with E-state index in [4.69, 9.17) is 11.6 Å². The molecule has 0 fully saturated rings. The van der Waals surface area contributed by atoms with Crippen LogP contribution < -0.4 is 5.32 Å². The zero-order chi connectivity index (χ0) is 26.5. The average Bonchev–Trinajstić information content (AvgIpc) is 3.37. The maximum atomic E-state index is 14.3. The molecule has 0 radical (unpaired) electrons. The van der Waals surface area contributed by atoms with Gasteiger partial charge < -0.3 is 5.32 Å². The molecule has 0 bridgehead atoms. The number of nitrogens with zero attached hydrogens (tertiary/aromatic N) is 5. The summed E-state index contributed by atoms with van der Waals surface area (Å²) < 4.78 is 15.8. The summed E-state index contributed by atoms with van der Waals surface area (Å²) in [6.45, 7) is 0. The van der Waals surface area contributed by atoms with Crippen LogP contribution >= 0.6 is 11.6 Å². The number of ketones is 1. The fraction of sp³-hybridized carbons (Fsp3) is 0.0714. The molecular formula is C28H20ClFN6O2. The van der Waals surface area contributed by atoms with Crippen molar-refractivity contribution in [1.29, 1.82) is 0 Å². The maximum absolute atomic E-state index is 14.3. The van der Waals surface area contributed by atoms with E-state index >= 15 is 0 Å². The molecule has 0 spiro atoms. The standard InChI is InChI=1S/C28H20ClFN6O2/c29-22-12-10-18(27-23(30)9-5-14-31-27)16-21(22)28(38)33-26-17-24(35-36(26)20-7-2-1-3-8-20)25(37)13-11-19-6-4-15-32-34-19/h1-10,12,14-17H,11,13H2,(H,33,38). The van der Waals surface area contributed by atoms with Gasteiger partial charge in [0.15, 0.2) is 5.78 Å². The molecule has 0 saturated carbocycles. The Bertz CT molecular complexity index is 1610. The number of halogens is 2. The summed E-state index contributed by atoms with van der Waals surface area (Å²) in [6, 6.07) is 21.5. The molecule has 0 aliphatic carbocycles. The number of amides is 1. The zero-order valence-corrected chi connectivity index (χ0v) is 20.6. The number of anilines is 1. The van der Waals surface area contributed by atoms with E-state index in [-0.39, 0.29) is 40.0 Å². The predicted molar refractivity (Wildman–Crippen MR) is 141 cm³/mol. The van der Waals surface area contributed by atoms with Crippen LogP contribution in [0.15, 0.2) is 91.3 Å². The summed E-state index contributed by atoms with van der Waals surface area (Å²) in [5, 5.41) is 15.3. The minimum atomic E-state index is -0.552. The highest BCUT2D eigenvalue weighted by atomic mass is 35.5. The van der Waals surface area contributed by atoms with Crippen molar-refractivity contribution in [3.8, 4) is 16.9 Å². The lowest BCUT2D eigenvalue weighted by molar-refractivity contribution is 0.0975. The molecule has 2 aromatic carbocycles. The predicted octanol–water partition coefficient (Wildman–Crippen LogP) is 5.58. The van der Waals surface area contributed by atoms with Gasteiger partial charge in [-0.25, -0.2) is 9.07 Å². The normalized spacial score (nSPS) is 10.8. The third kappa shape index (κ3) is 5.47. The summed E-state index contributed by atoms with van der Waals surface area (Å²) >= 11 is 6.33. The van der Waals surface area contributed by atoms with Crippen molar-refractivity contribution in [2.75, 3.05) is 5.32 Å². The molecule has 5 rings (SSSR count). The SMILES string of the molecule is O=C(CCc1cccnn1)c1cc(NC(=O)c2cc(-c3ncccc3F)ccc2Cl)n(-c2ccccc2)n1. The Kier molecular flexibility index (Phi) is 7.28. The van der Waals surface area contributed by atoms with Gasteiger partial charge in [0.05, 0.1) is 22.0 Å². The van der Waals surface area contributed by atoms with Crippen LogP contribution in [0.25, 0.3) is 16.9 Å². The Labute approximate surface area is 222 Å². The number of aromatic nitrogens is 5. The van der Waals surface area contributed by atoms with Crippen LogP contribution in [0, 0.1) is 5.82 Å². The summed E-state index contributed by atoms with van der Waals surface area (Å²) in [5.74, 6) is -1.02. The lowest BCUT2D eigenvalue weighted by Gasteiger charge is -2.11. The van der Waals surface area contributed by atoms with Crippen molar-refractivity contribution in [3.63, 3.8) is 0 Å². The number of hydrogen-bond donors (Lipinski definition) is 1. The number of benzene rings is 2. The van der Waals surface area contributed by atoms with Gasteiger partial charge in [0, 0.05) is 30.4 Å². The van der Waals surface area contributed by atoms with Crippen molar-refractivity contribution in [2.45, 2.75) is 12.8 Å². The van der Waals surface area contributed by atoms with E-state index < -0.39 is 11.7 Å². The summed E-state index contributed by atoms with van der Waals surface area (Å²) in [6.07, 6.45) is 3.60. The third-order valence-electron chi connectivity index (χ3n) is 5.72. The third-order valence-corrected chi connectivity index (χ3v) is 6.05. The average molecular weight is 527 g/mol. The second-order valence-electron chi connectivity index (χ2n) is 8.28. The number of rotatable bonds is 8. The van der Waals surface area contributed by atoms with E-state index in [1.807, 2.05) is 18.2 Å². The summed E-state index contributed by atoms with van der Waals surface area (Å²) in [7, 11) is 0. The van der Waals surface area contributed by atoms with Crippen LogP contribution in [0.4, 0.5) is 10.2 Å². The first-order chi connectivity index (χ1) is 18.5. The van der Waals surface area contributed by atoms with Gasteiger partial charge in [0.25, 0.3) is 5.91 Å². The molecule has 5 aromatic rings. The van der Waals surface area contributed by atoms with Gasteiger partial charge in [-0.3, -0.25) is 14.6 Å². The maximum Gasteiger partial charge on any atom is 0.258 e. The Morgan fingerprint density at radius 3 is 2.53 bits per heavy atom. The first-order valence-corrected chi connectivity index (χ1v) is 12.0. The van der Waals surface area contributed by atoms with E-state index in [0.29, 0.717) is 23.4 Å². The van der Waals surface area contributed by atoms with Crippen molar-refractivity contribution in [2.24, 2.45) is 0 Å². The first kappa shape index (κ1) is 24.9. The zero-order valence-electron chi connectivity index (χ0n) is 19.9. The molecule has 8 nitrogen and oxygen atoms in total. The van der Waals surface area contributed by atoms with Crippen LogP contribution in [-0.2, 0) is 6.42 Å². The van der Waals surface area contributed by atoms with Gasteiger partial charge in [0.2, 0.25) is 0 Å². The molecule has 3 heterocycles. The Morgan fingerprint density at radius 2 is 1.76 bits per heavy atom. The molecule has 1 N–H and O–H groups in total. The largest absolute Gasteiger partial charge is 0.306 e. The van der Waals surface area contributed by atoms with Crippen LogP contribution in [-0.4, -0.2) is 36.7 Å². The molecule has 0 atom stereocenters. The van der Waals surface area contributed by atoms with Crippen molar-refractivity contribution >= 4 is 29.1 Å². The summed E-state index contributed by atoms with van der Waals surface area (Å²) in [4.78, 5) is 30.4. The van der Waals surface area contributed by atoms with E-state index in [9.17, 15) is 14.0 Å². The van der Waals surface area contributed by atoms with Gasteiger partial charge in [-0.2, -0.15) is 15.3 Å². The monoisotopic (exact) mass is 526 g/mol. The number of carbonyl (C=O) groups excluding carboxylic acids is 2. The second kappa shape index (κ2) is 11.1. The Hall–Kier alpha value is -4.76. The molecule has 0 aliphatic rings. The highest BCUT2D eigenvalue weighted by molar-refractivity contribution is 6.34. The van der Waals surface area contributed by atoms with Gasteiger partial charge in [-0.05, 0) is 55.0 Å². The number of carbonyl (C=O) groups is 2. The molecular weight excluding hydrogens is 507 g/mol. The van der Waals surface area contributed by atoms with E-state index in [1.54, 1.807) is 36.5 Å². The van der Waals surface area contributed by atoms with Crippen LogP contribution in [0.1, 0.15) is 33.0 Å². The Morgan fingerprint density at radius 1 is 0.947 bits per heavy atom. The van der Waals surface area contributed by atoms with Crippen LogP contribution in [0.2, 0.25) is 5.02 Å². The minimum Gasteiger partial charge on any atom is -0.306 e. The second-order valence-corrected chi connectivity index (χ2v) is 8.69. The summed E-state index contributed by atoms with van der Waals surface area (Å²) in [5.41, 5.74) is 2.13. The molecule has 188 valence electrons. The number of nitrogens with one attached hydrogen (secondary N) is 1. The van der Waals surface area contributed by atoms with Crippen molar-refractivity contribution in [1.82, 2.24) is 25.0 Å². The highest BCUT2D eigenvalue weighted by Crippen LogP contribution is 2.27. The molecule has 3 aromatic heterocycles. The number of hydrogen-bond acceptors (Lipinski definition) is 6. The van der Waals surface area contributed by atoms with Crippen LogP contribution in [0.5, 0.6) is 0 Å². The van der Waals surface area contributed by atoms with Crippen LogP contribution in [0.3, 0.4) is 0 Å². The highest BCUT2D eigenvalue weighted by Gasteiger charge is 2.20. The van der Waals surface area contributed by atoms with Gasteiger partial charge >= 0.3 is 0 Å². The number of aryl methyl sites for hydroxylation is 1. The smallest absolute Gasteiger partial charge is 0.258 e. The lowest BCUT2D eigenvalue weighted by Crippen LogP contribution is -2.15. The van der Waals surface area contributed by atoms with E-state index in [0.717, 1.165) is 0 Å². The number of para-hydroxylation sites is 1. The first-order valence-electron chi connectivity index (χ1n) is 11.7. The fourth-order valence-corrected chi connectivity index (χ4v) is 4.04. The number of Topliss-reactive ketones (excluding diaryl/α,β-unsaturated/α-hetero) is 1. The van der Waals surface area contributed by atoms with Gasteiger partial charge in [0.1, 0.15) is 23.0 Å². The van der Waals surface area contributed by atoms with Gasteiger partial charge in [-0.1, -0.05) is 35.9 Å². The van der Waals surface area contributed by atoms with E-state index in [2.05, 4.69) is 25.6 Å². The molecule has 10 heteroatoms. The molecule has 0 saturated heterocycles. The quantitative estimate of drug-likeness (QED) is 0.265.